The van der Waals surface area contributed by atoms with Crippen LogP contribution in [-0.4, -0.2) is 33.9 Å². The summed E-state index contributed by atoms with van der Waals surface area (Å²) >= 11 is 0. The molecule has 146 valence electrons. The third-order valence-electron chi connectivity index (χ3n) is 3.44. The number of hydrogen-bond donors (Lipinski definition) is 2. The molecule has 0 spiro atoms. The Hall–Kier alpha value is -3.50. The van der Waals surface area contributed by atoms with Gasteiger partial charge in [0.05, 0.1) is 11.9 Å². The maximum Gasteiger partial charge on any atom is 0.573 e. The SMILES string of the molecule is CCNC(=O)Nc1cnc2ccc(-c3ccc(OC(F)(F)F)c(F)c3)nc2n1. The minimum Gasteiger partial charge on any atom is -0.403 e. The summed E-state index contributed by atoms with van der Waals surface area (Å²) in [6.45, 7) is 2.18. The zero-order valence-electron chi connectivity index (χ0n) is 14.3. The molecule has 2 N–H and O–H groups in total. The minimum atomic E-state index is -4.99. The summed E-state index contributed by atoms with van der Waals surface area (Å²) in [4.78, 5) is 24.1. The van der Waals surface area contributed by atoms with Crippen LogP contribution in [0.2, 0.25) is 0 Å². The van der Waals surface area contributed by atoms with Crippen LogP contribution < -0.4 is 15.4 Å². The molecular weight excluding hydrogens is 382 g/mol. The van der Waals surface area contributed by atoms with Crippen LogP contribution in [0.15, 0.2) is 36.5 Å². The molecule has 0 aliphatic carbocycles. The summed E-state index contributed by atoms with van der Waals surface area (Å²) in [7, 11) is 0. The van der Waals surface area contributed by atoms with Crippen molar-refractivity contribution in [2.45, 2.75) is 13.3 Å². The van der Waals surface area contributed by atoms with Crippen molar-refractivity contribution in [1.82, 2.24) is 20.3 Å². The van der Waals surface area contributed by atoms with Gasteiger partial charge in [-0.2, -0.15) is 0 Å². The zero-order valence-corrected chi connectivity index (χ0v) is 14.3. The van der Waals surface area contributed by atoms with Crippen LogP contribution in [0.1, 0.15) is 6.92 Å². The van der Waals surface area contributed by atoms with Crippen LogP contribution in [0.4, 0.5) is 28.2 Å². The lowest BCUT2D eigenvalue weighted by Crippen LogP contribution is -2.28. The van der Waals surface area contributed by atoms with E-state index in [4.69, 9.17) is 0 Å². The molecule has 0 saturated carbocycles. The fourth-order valence-corrected chi connectivity index (χ4v) is 2.31. The van der Waals surface area contributed by atoms with Crippen molar-refractivity contribution in [1.29, 1.82) is 0 Å². The Morgan fingerprint density at radius 3 is 2.64 bits per heavy atom. The van der Waals surface area contributed by atoms with E-state index in [2.05, 4.69) is 30.3 Å². The predicted octanol–water partition coefficient (Wildman–Crippen LogP) is 3.87. The summed E-state index contributed by atoms with van der Waals surface area (Å²) in [6.07, 6.45) is -3.64. The lowest BCUT2D eigenvalue weighted by atomic mass is 10.1. The number of ether oxygens (including phenoxy) is 1. The number of pyridine rings is 1. The molecule has 0 aliphatic rings. The van der Waals surface area contributed by atoms with E-state index < -0.39 is 24.0 Å². The Morgan fingerprint density at radius 1 is 1.18 bits per heavy atom. The Balaban J connectivity index is 1.90. The number of carbonyl (C=O) groups is 1. The maximum atomic E-state index is 13.9. The molecule has 1 aromatic carbocycles. The number of fused-ring (bicyclic) bond motifs is 1. The van der Waals surface area contributed by atoms with Gasteiger partial charge < -0.3 is 10.1 Å². The van der Waals surface area contributed by atoms with Gasteiger partial charge >= 0.3 is 12.4 Å². The Labute approximate surface area is 155 Å². The molecule has 28 heavy (non-hydrogen) atoms. The summed E-state index contributed by atoms with van der Waals surface area (Å²) in [5.74, 6) is -1.97. The van der Waals surface area contributed by atoms with E-state index in [1.807, 2.05) is 0 Å². The van der Waals surface area contributed by atoms with Crippen molar-refractivity contribution in [3.63, 3.8) is 0 Å². The quantitative estimate of drug-likeness (QED) is 0.655. The van der Waals surface area contributed by atoms with Gasteiger partial charge in [-0.05, 0) is 37.3 Å². The molecule has 0 saturated heterocycles. The first-order valence-electron chi connectivity index (χ1n) is 7.99. The molecule has 0 bridgehead atoms. The topological polar surface area (TPSA) is 89.0 Å². The molecule has 2 amide bonds. The number of amides is 2. The van der Waals surface area contributed by atoms with Crippen molar-refractivity contribution >= 4 is 23.0 Å². The highest BCUT2D eigenvalue weighted by Crippen LogP contribution is 2.29. The number of halogens is 4. The third-order valence-corrected chi connectivity index (χ3v) is 3.44. The summed E-state index contributed by atoms with van der Waals surface area (Å²) in [5, 5.41) is 5.02. The lowest BCUT2D eigenvalue weighted by Gasteiger charge is -2.10. The van der Waals surface area contributed by atoms with Crippen LogP contribution in [0.3, 0.4) is 0 Å². The molecule has 2 aromatic heterocycles. The van der Waals surface area contributed by atoms with Crippen molar-refractivity contribution in [2.24, 2.45) is 0 Å². The summed E-state index contributed by atoms with van der Waals surface area (Å²) < 4.78 is 54.3. The molecule has 3 aromatic rings. The van der Waals surface area contributed by atoms with Crippen LogP contribution in [0.5, 0.6) is 5.75 Å². The van der Waals surface area contributed by atoms with Gasteiger partial charge in [0.2, 0.25) is 0 Å². The zero-order chi connectivity index (χ0) is 20.3. The molecule has 3 rings (SSSR count). The maximum absolute atomic E-state index is 13.9. The largest absolute Gasteiger partial charge is 0.573 e. The van der Waals surface area contributed by atoms with E-state index in [0.29, 0.717) is 12.1 Å². The average Bonchev–Trinajstić information content (AvgIpc) is 2.62. The van der Waals surface area contributed by atoms with Gasteiger partial charge in [-0.15, -0.1) is 13.2 Å². The second-order valence-corrected chi connectivity index (χ2v) is 5.47. The number of nitrogens with one attached hydrogen (secondary N) is 2. The summed E-state index contributed by atoms with van der Waals surface area (Å²) in [6, 6.07) is 5.60. The Bertz CT molecular complexity index is 1030. The van der Waals surface area contributed by atoms with Crippen molar-refractivity contribution in [3.05, 3.63) is 42.3 Å². The third kappa shape index (κ3) is 4.61. The fourth-order valence-electron chi connectivity index (χ4n) is 2.31. The fraction of sp³-hybridized carbons (Fsp3) is 0.176. The number of alkyl halides is 3. The van der Waals surface area contributed by atoms with E-state index in [0.717, 1.165) is 12.1 Å². The number of hydrogen-bond acceptors (Lipinski definition) is 5. The van der Waals surface area contributed by atoms with Crippen LogP contribution >= 0.6 is 0 Å². The summed E-state index contributed by atoms with van der Waals surface area (Å²) in [5.41, 5.74) is 1.07. The standard InChI is InChI=1S/C17H13F4N5O2/c1-2-22-16(27)26-14-8-23-12-5-4-11(24-15(12)25-14)9-3-6-13(10(18)7-9)28-17(19,20)21/h3-8H,2H2,1H3,(H2,22,24,25,26,27). The molecule has 7 nitrogen and oxygen atoms in total. The molecule has 2 heterocycles. The van der Waals surface area contributed by atoms with E-state index in [1.54, 1.807) is 13.0 Å². The predicted molar refractivity (Wildman–Crippen MR) is 92.1 cm³/mol. The van der Waals surface area contributed by atoms with Gasteiger partial charge in [0, 0.05) is 12.1 Å². The Morgan fingerprint density at radius 2 is 1.96 bits per heavy atom. The van der Waals surface area contributed by atoms with E-state index >= 15 is 0 Å². The number of aromatic nitrogens is 3. The molecule has 0 atom stereocenters. The second-order valence-electron chi connectivity index (χ2n) is 5.47. The molecule has 0 unspecified atom stereocenters. The van der Waals surface area contributed by atoms with Crippen LogP contribution in [0.25, 0.3) is 22.4 Å². The highest BCUT2D eigenvalue weighted by atomic mass is 19.4. The van der Waals surface area contributed by atoms with Gasteiger partial charge in [-0.1, -0.05) is 0 Å². The van der Waals surface area contributed by atoms with E-state index in [1.165, 1.54) is 18.3 Å². The first-order valence-corrected chi connectivity index (χ1v) is 7.99. The number of anilines is 1. The van der Waals surface area contributed by atoms with Crippen LogP contribution in [-0.2, 0) is 0 Å². The highest BCUT2D eigenvalue weighted by Gasteiger charge is 2.32. The monoisotopic (exact) mass is 395 g/mol. The number of rotatable bonds is 4. The van der Waals surface area contributed by atoms with Gasteiger partial charge in [0.1, 0.15) is 5.52 Å². The van der Waals surface area contributed by atoms with Gasteiger partial charge in [-0.25, -0.2) is 24.1 Å². The molecule has 11 heteroatoms. The highest BCUT2D eigenvalue weighted by molar-refractivity contribution is 5.89. The van der Waals surface area contributed by atoms with E-state index in [-0.39, 0.29) is 22.7 Å². The van der Waals surface area contributed by atoms with Gasteiger partial charge in [0.15, 0.2) is 23.0 Å². The van der Waals surface area contributed by atoms with Gasteiger partial charge in [0.25, 0.3) is 0 Å². The number of benzene rings is 1. The molecule has 0 aliphatic heterocycles. The normalized spacial score (nSPS) is 11.3. The molecule has 0 radical (unpaired) electrons. The molecule has 0 fully saturated rings. The Kier molecular flexibility index (Phi) is 5.25. The first kappa shape index (κ1) is 19.3. The average molecular weight is 395 g/mol. The van der Waals surface area contributed by atoms with Crippen molar-refractivity contribution < 1.29 is 27.1 Å². The second kappa shape index (κ2) is 7.62. The number of urea groups is 1. The molecular formula is C17H13F4N5O2. The lowest BCUT2D eigenvalue weighted by molar-refractivity contribution is -0.275. The number of nitrogens with zero attached hydrogens (tertiary/aromatic N) is 3. The van der Waals surface area contributed by atoms with Crippen molar-refractivity contribution in [2.75, 3.05) is 11.9 Å². The van der Waals surface area contributed by atoms with Gasteiger partial charge in [-0.3, -0.25) is 5.32 Å². The van der Waals surface area contributed by atoms with Crippen molar-refractivity contribution in [3.8, 4) is 17.0 Å². The van der Waals surface area contributed by atoms with Crippen LogP contribution in [0, 0.1) is 5.82 Å². The first-order chi connectivity index (χ1) is 13.2. The smallest absolute Gasteiger partial charge is 0.403 e. The minimum absolute atomic E-state index is 0.156. The van der Waals surface area contributed by atoms with E-state index in [9.17, 15) is 22.4 Å². The number of carbonyl (C=O) groups excluding carboxylic acids is 1.